The second kappa shape index (κ2) is 6.76. The molecule has 0 aliphatic carbocycles. The Morgan fingerprint density at radius 1 is 1.23 bits per heavy atom. The van der Waals surface area contributed by atoms with Gasteiger partial charge in [0, 0.05) is 5.56 Å². The first-order valence-corrected chi connectivity index (χ1v) is 8.26. The third-order valence-corrected chi connectivity index (χ3v) is 4.26. The van der Waals surface area contributed by atoms with Crippen LogP contribution >= 0.6 is 0 Å². The summed E-state index contributed by atoms with van der Waals surface area (Å²) in [6, 6.07) is 9.67. The van der Waals surface area contributed by atoms with E-state index in [4.69, 9.17) is 9.15 Å². The fourth-order valence-electron chi connectivity index (χ4n) is 3.07. The molecule has 1 aromatic carbocycles. The van der Waals surface area contributed by atoms with Crippen molar-refractivity contribution in [2.75, 3.05) is 18.1 Å². The van der Waals surface area contributed by atoms with Crippen LogP contribution in [-0.4, -0.2) is 35.9 Å². The number of hydrogen-bond donors (Lipinski definition) is 1. The zero-order valence-corrected chi connectivity index (χ0v) is 14.5. The van der Waals surface area contributed by atoms with Gasteiger partial charge in [0.1, 0.15) is 12.3 Å². The van der Waals surface area contributed by atoms with Crippen molar-refractivity contribution in [2.45, 2.75) is 25.9 Å². The maximum Gasteiger partial charge on any atom is 0.326 e. The standard InChI is InChI=1S/C19H19NO6/c1-3-25-17(22)11-20-14-7-5-4-6-13(14)19(24,18(20)23)10-15(21)16-9-8-12(2)26-16/h4-9,24H,3,10-11H2,1-2H3/t19-/m0/s1. The van der Waals surface area contributed by atoms with Gasteiger partial charge in [-0.15, -0.1) is 0 Å². The monoisotopic (exact) mass is 357 g/mol. The molecule has 1 aliphatic rings. The zero-order valence-electron chi connectivity index (χ0n) is 14.5. The summed E-state index contributed by atoms with van der Waals surface area (Å²) in [6.45, 7) is 3.21. The Morgan fingerprint density at radius 2 is 1.96 bits per heavy atom. The van der Waals surface area contributed by atoms with E-state index in [9.17, 15) is 19.5 Å². The van der Waals surface area contributed by atoms with E-state index in [0.717, 1.165) is 4.90 Å². The first-order valence-electron chi connectivity index (χ1n) is 8.26. The van der Waals surface area contributed by atoms with E-state index in [1.54, 1.807) is 44.2 Å². The minimum absolute atomic E-state index is 0.0741. The van der Waals surface area contributed by atoms with Gasteiger partial charge in [-0.3, -0.25) is 19.3 Å². The molecule has 1 N–H and O–H groups in total. The molecule has 1 amide bonds. The molecule has 0 saturated heterocycles. The largest absolute Gasteiger partial charge is 0.465 e. The van der Waals surface area contributed by atoms with Gasteiger partial charge in [0.15, 0.2) is 11.4 Å². The van der Waals surface area contributed by atoms with E-state index >= 15 is 0 Å². The van der Waals surface area contributed by atoms with Crippen LogP contribution < -0.4 is 4.90 Å². The average molecular weight is 357 g/mol. The zero-order chi connectivity index (χ0) is 18.9. The molecule has 2 heterocycles. The summed E-state index contributed by atoms with van der Waals surface area (Å²) in [6.07, 6.45) is -0.477. The highest BCUT2D eigenvalue weighted by atomic mass is 16.5. The van der Waals surface area contributed by atoms with Gasteiger partial charge >= 0.3 is 5.97 Å². The first-order chi connectivity index (χ1) is 12.4. The fourth-order valence-corrected chi connectivity index (χ4v) is 3.07. The van der Waals surface area contributed by atoms with Crippen molar-refractivity contribution in [3.63, 3.8) is 0 Å². The van der Waals surface area contributed by atoms with Crippen molar-refractivity contribution >= 4 is 23.3 Å². The number of furan rings is 1. The van der Waals surface area contributed by atoms with Gasteiger partial charge in [0.2, 0.25) is 5.78 Å². The molecular formula is C19H19NO6. The normalized spacial score (nSPS) is 18.7. The lowest BCUT2D eigenvalue weighted by atomic mass is 9.89. The fraction of sp³-hybridized carbons (Fsp3) is 0.316. The summed E-state index contributed by atoms with van der Waals surface area (Å²) in [4.78, 5) is 38.4. The van der Waals surface area contributed by atoms with Crippen LogP contribution in [0.3, 0.4) is 0 Å². The van der Waals surface area contributed by atoms with E-state index in [-0.39, 0.29) is 24.5 Å². The van der Waals surface area contributed by atoms with E-state index in [1.807, 2.05) is 0 Å². The van der Waals surface area contributed by atoms with E-state index < -0.39 is 29.7 Å². The van der Waals surface area contributed by atoms with Gasteiger partial charge in [-0.05, 0) is 32.0 Å². The van der Waals surface area contributed by atoms with Gasteiger partial charge < -0.3 is 14.3 Å². The molecule has 3 rings (SSSR count). The van der Waals surface area contributed by atoms with Gasteiger partial charge in [0.05, 0.1) is 18.7 Å². The van der Waals surface area contributed by atoms with Crippen LogP contribution in [0, 0.1) is 6.92 Å². The predicted octanol–water partition coefficient (Wildman–Crippen LogP) is 1.96. The summed E-state index contributed by atoms with van der Waals surface area (Å²) in [5, 5.41) is 11.1. The minimum Gasteiger partial charge on any atom is -0.465 e. The molecule has 0 bridgehead atoms. The SMILES string of the molecule is CCOC(=O)CN1C(=O)[C@](O)(CC(=O)c2ccc(C)o2)c2ccccc21. The Bertz CT molecular complexity index is 870. The molecule has 0 radical (unpaired) electrons. The molecule has 26 heavy (non-hydrogen) atoms. The molecule has 1 aliphatic heterocycles. The summed E-state index contributed by atoms with van der Waals surface area (Å²) < 4.78 is 10.2. The van der Waals surface area contributed by atoms with Crippen molar-refractivity contribution < 1.29 is 28.6 Å². The molecule has 136 valence electrons. The highest BCUT2D eigenvalue weighted by Crippen LogP contribution is 2.42. The van der Waals surface area contributed by atoms with Crippen molar-refractivity contribution in [3.8, 4) is 0 Å². The molecule has 1 atom stereocenters. The lowest BCUT2D eigenvalue weighted by molar-refractivity contribution is -0.144. The average Bonchev–Trinajstić information content (AvgIpc) is 3.12. The van der Waals surface area contributed by atoms with E-state index in [1.165, 1.54) is 6.07 Å². The lowest BCUT2D eigenvalue weighted by Gasteiger charge is -2.21. The number of carbonyl (C=O) groups is 3. The Hall–Kier alpha value is -2.93. The number of aliphatic hydroxyl groups is 1. The molecular weight excluding hydrogens is 338 g/mol. The number of carbonyl (C=O) groups excluding carboxylic acids is 3. The van der Waals surface area contributed by atoms with Crippen LogP contribution in [0.1, 0.15) is 35.2 Å². The van der Waals surface area contributed by atoms with Crippen molar-refractivity contribution in [2.24, 2.45) is 0 Å². The number of para-hydroxylation sites is 1. The number of hydrogen-bond acceptors (Lipinski definition) is 6. The number of Topliss-reactive ketones (excluding diaryl/α,β-unsaturated/α-hetero) is 1. The maximum atomic E-state index is 12.9. The highest BCUT2D eigenvalue weighted by molar-refractivity contribution is 6.12. The number of benzene rings is 1. The number of fused-ring (bicyclic) bond motifs is 1. The number of anilines is 1. The maximum absolute atomic E-state index is 12.9. The van der Waals surface area contributed by atoms with Crippen molar-refractivity contribution in [3.05, 3.63) is 53.5 Å². The molecule has 0 fully saturated rings. The van der Waals surface area contributed by atoms with Crippen molar-refractivity contribution in [1.29, 1.82) is 0 Å². The Balaban J connectivity index is 1.92. The lowest BCUT2D eigenvalue weighted by Crippen LogP contribution is -2.44. The Labute approximate surface area is 150 Å². The molecule has 7 nitrogen and oxygen atoms in total. The summed E-state index contributed by atoms with van der Waals surface area (Å²) in [5.74, 6) is -1.19. The summed E-state index contributed by atoms with van der Waals surface area (Å²) in [7, 11) is 0. The number of esters is 1. The van der Waals surface area contributed by atoms with Crippen molar-refractivity contribution in [1.82, 2.24) is 0 Å². The van der Waals surface area contributed by atoms with Gasteiger partial charge in [-0.1, -0.05) is 18.2 Å². The van der Waals surface area contributed by atoms with Gasteiger partial charge in [-0.2, -0.15) is 0 Å². The third-order valence-electron chi connectivity index (χ3n) is 4.26. The summed E-state index contributed by atoms with van der Waals surface area (Å²) in [5.41, 5.74) is -1.39. The van der Waals surface area contributed by atoms with Crippen LogP contribution in [0.25, 0.3) is 0 Å². The number of aryl methyl sites for hydroxylation is 1. The number of rotatable bonds is 6. The minimum atomic E-state index is -2.05. The number of amides is 1. The second-order valence-electron chi connectivity index (χ2n) is 6.08. The molecule has 0 unspecified atom stereocenters. The Kier molecular flexibility index (Phi) is 4.65. The Morgan fingerprint density at radius 3 is 2.62 bits per heavy atom. The predicted molar refractivity (Wildman–Crippen MR) is 91.7 cm³/mol. The molecule has 0 spiro atoms. The smallest absolute Gasteiger partial charge is 0.326 e. The van der Waals surface area contributed by atoms with Gasteiger partial charge in [0.25, 0.3) is 5.91 Å². The van der Waals surface area contributed by atoms with E-state index in [0.29, 0.717) is 11.4 Å². The molecule has 7 heteroatoms. The van der Waals surface area contributed by atoms with E-state index in [2.05, 4.69) is 0 Å². The van der Waals surface area contributed by atoms with Crippen LogP contribution in [0.5, 0.6) is 0 Å². The van der Waals surface area contributed by atoms with Crippen LogP contribution in [0.2, 0.25) is 0 Å². The summed E-state index contributed by atoms with van der Waals surface area (Å²) >= 11 is 0. The quantitative estimate of drug-likeness (QED) is 0.627. The topological polar surface area (TPSA) is 97.0 Å². The van der Waals surface area contributed by atoms with Crippen LogP contribution in [0.4, 0.5) is 5.69 Å². The number of ether oxygens (including phenoxy) is 1. The first kappa shape index (κ1) is 17.9. The second-order valence-corrected chi connectivity index (χ2v) is 6.08. The molecule has 0 saturated carbocycles. The van der Waals surface area contributed by atoms with Crippen LogP contribution in [0.15, 0.2) is 40.8 Å². The number of ketones is 1. The molecule has 1 aromatic heterocycles. The van der Waals surface area contributed by atoms with Gasteiger partial charge in [-0.25, -0.2) is 0 Å². The highest BCUT2D eigenvalue weighted by Gasteiger charge is 2.51. The third kappa shape index (κ3) is 3.01. The molecule has 2 aromatic rings. The van der Waals surface area contributed by atoms with Crippen LogP contribution in [-0.2, 0) is 19.9 Å². The number of nitrogens with zero attached hydrogens (tertiary/aromatic N) is 1.